The third-order valence-electron chi connectivity index (χ3n) is 6.04. The molecule has 6 nitrogen and oxygen atoms in total. The minimum atomic E-state index is -0.401. The van der Waals surface area contributed by atoms with Crippen LogP contribution >= 0.6 is 0 Å². The molecule has 2 aliphatic rings. The van der Waals surface area contributed by atoms with Crippen LogP contribution in [0.1, 0.15) is 40.9 Å². The number of amides is 2. The number of nitrogens with zero attached hydrogens (tertiary/aromatic N) is 3. The van der Waals surface area contributed by atoms with Crippen LogP contribution in [-0.2, 0) is 11.2 Å². The summed E-state index contributed by atoms with van der Waals surface area (Å²) in [5.41, 5.74) is 2.24. The quantitative estimate of drug-likeness (QED) is 0.903. The number of aromatic nitrogens is 2. The van der Waals surface area contributed by atoms with Crippen LogP contribution in [0.3, 0.4) is 0 Å². The second kappa shape index (κ2) is 7.18. The van der Waals surface area contributed by atoms with Gasteiger partial charge in [-0.15, -0.1) is 0 Å². The predicted octanol–water partition coefficient (Wildman–Crippen LogP) is 2.42. The average Bonchev–Trinajstić information content (AvgIpc) is 3.31. The van der Waals surface area contributed by atoms with Gasteiger partial charge >= 0.3 is 0 Å². The molecule has 142 valence electrons. The SMILES string of the molecule is Cc1[nH]ncc1C(=O)N1CC[C@]2(CCCN(CCc3ccccc3)C2=O)C1. The highest BCUT2D eigenvalue weighted by atomic mass is 16.2. The van der Waals surface area contributed by atoms with Crippen LogP contribution in [0.25, 0.3) is 0 Å². The van der Waals surface area contributed by atoms with E-state index in [1.165, 1.54) is 5.56 Å². The number of likely N-dealkylation sites (tertiary alicyclic amines) is 2. The molecule has 0 unspecified atom stereocenters. The summed E-state index contributed by atoms with van der Waals surface area (Å²) < 4.78 is 0. The lowest BCUT2D eigenvalue weighted by Gasteiger charge is -2.39. The molecule has 1 N–H and O–H groups in total. The maximum Gasteiger partial charge on any atom is 0.257 e. The van der Waals surface area contributed by atoms with Crippen molar-refractivity contribution in [2.45, 2.75) is 32.6 Å². The lowest BCUT2D eigenvalue weighted by atomic mass is 9.78. The lowest BCUT2D eigenvalue weighted by molar-refractivity contribution is -0.145. The Kier molecular flexibility index (Phi) is 4.72. The maximum absolute atomic E-state index is 13.3. The molecular formula is C21H26N4O2. The first-order valence-corrected chi connectivity index (χ1v) is 9.72. The Bertz CT molecular complexity index is 832. The van der Waals surface area contributed by atoms with Crippen LogP contribution in [0.2, 0.25) is 0 Å². The van der Waals surface area contributed by atoms with E-state index < -0.39 is 5.41 Å². The Morgan fingerprint density at radius 1 is 1.22 bits per heavy atom. The summed E-state index contributed by atoms with van der Waals surface area (Å²) in [6.07, 6.45) is 5.10. The first-order chi connectivity index (χ1) is 13.1. The van der Waals surface area contributed by atoms with E-state index in [9.17, 15) is 9.59 Å². The number of aromatic amines is 1. The highest BCUT2D eigenvalue weighted by molar-refractivity contribution is 5.96. The van der Waals surface area contributed by atoms with Gasteiger partial charge in [-0.25, -0.2) is 0 Å². The number of aryl methyl sites for hydroxylation is 1. The van der Waals surface area contributed by atoms with E-state index in [0.29, 0.717) is 18.7 Å². The largest absolute Gasteiger partial charge is 0.342 e. The first-order valence-electron chi connectivity index (χ1n) is 9.72. The van der Waals surface area contributed by atoms with E-state index in [4.69, 9.17) is 0 Å². The Balaban J connectivity index is 1.43. The summed E-state index contributed by atoms with van der Waals surface area (Å²) in [6, 6.07) is 10.3. The number of carbonyl (C=O) groups excluding carboxylic acids is 2. The zero-order valence-corrected chi connectivity index (χ0v) is 15.8. The van der Waals surface area contributed by atoms with Crippen molar-refractivity contribution in [3.05, 3.63) is 53.3 Å². The molecule has 0 bridgehead atoms. The van der Waals surface area contributed by atoms with Crippen molar-refractivity contribution in [1.29, 1.82) is 0 Å². The first kappa shape index (κ1) is 17.8. The number of hydrogen-bond acceptors (Lipinski definition) is 3. The lowest BCUT2D eigenvalue weighted by Crippen LogP contribution is -2.50. The van der Waals surface area contributed by atoms with Gasteiger partial charge in [-0.3, -0.25) is 14.7 Å². The minimum Gasteiger partial charge on any atom is -0.342 e. The number of hydrogen-bond donors (Lipinski definition) is 1. The molecule has 0 saturated carbocycles. The van der Waals surface area contributed by atoms with Crippen molar-refractivity contribution in [3.63, 3.8) is 0 Å². The van der Waals surface area contributed by atoms with Gasteiger partial charge in [-0.2, -0.15) is 5.10 Å². The zero-order valence-electron chi connectivity index (χ0n) is 15.8. The summed E-state index contributed by atoms with van der Waals surface area (Å²) in [7, 11) is 0. The molecule has 2 amide bonds. The van der Waals surface area contributed by atoms with E-state index >= 15 is 0 Å². The third kappa shape index (κ3) is 3.36. The Hall–Kier alpha value is -2.63. The smallest absolute Gasteiger partial charge is 0.257 e. The number of H-pyrrole nitrogens is 1. The van der Waals surface area contributed by atoms with E-state index in [1.54, 1.807) is 6.20 Å². The third-order valence-corrected chi connectivity index (χ3v) is 6.04. The van der Waals surface area contributed by atoms with Crippen LogP contribution in [0, 0.1) is 12.3 Å². The van der Waals surface area contributed by atoms with Gasteiger partial charge in [-0.05, 0) is 38.2 Å². The Morgan fingerprint density at radius 3 is 2.78 bits per heavy atom. The number of nitrogens with one attached hydrogen (secondary N) is 1. The summed E-state index contributed by atoms with van der Waals surface area (Å²) in [5.74, 6) is 0.205. The number of rotatable bonds is 4. The van der Waals surface area contributed by atoms with Gasteiger partial charge in [0, 0.05) is 31.9 Å². The van der Waals surface area contributed by atoms with Gasteiger partial charge in [0.15, 0.2) is 0 Å². The number of carbonyl (C=O) groups is 2. The molecule has 0 radical (unpaired) electrons. The van der Waals surface area contributed by atoms with Crippen molar-refractivity contribution in [2.75, 3.05) is 26.2 Å². The zero-order chi connectivity index (χ0) is 18.9. The second-order valence-electron chi connectivity index (χ2n) is 7.80. The molecule has 1 atom stereocenters. The highest BCUT2D eigenvalue weighted by Gasteiger charge is 2.49. The van der Waals surface area contributed by atoms with Gasteiger partial charge in [0.25, 0.3) is 5.91 Å². The van der Waals surface area contributed by atoms with E-state index in [-0.39, 0.29) is 11.8 Å². The fraction of sp³-hybridized carbons (Fsp3) is 0.476. The molecule has 2 saturated heterocycles. The van der Waals surface area contributed by atoms with Gasteiger partial charge in [-0.1, -0.05) is 30.3 Å². The molecule has 1 aromatic heterocycles. The second-order valence-corrected chi connectivity index (χ2v) is 7.80. The van der Waals surface area contributed by atoms with Crippen molar-refractivity contribution in [2.24, 2.45) is 5.41 Å². The van der Waals surface area contributed by atoms with E-state index in [1.807, 2.05) is 34.9 Å². The molecule has 2 fully saturated rings. The van der Waals surface area contributed by atoms with Crippen LogP contribution in [0.15, 0.2) is 36.5 Å². The van der Waals surface area contributed by atoms with Crippen LogP contribution in [0.4, 0.5) is 0 Å². The van der Waals surface area contributed by atoms with Crippen molar-refractivity contribution >= 4 is 11.8 Å². The fourth-order valence-corrected chi connectivity index (χ4v) is 4.44. The predicted molar refractivity (Wildman–Crippen MR) is 102 cm³/mol. The molecule has 4 rings (SSSR count). The van der Waals surface area contributed by atoms with Crippen molar-refractivity contribution in [1.82, 2.24) is 20.0 Å². The molecular weight excluding hydrogens is 340 g/mol. The topological polar surface area (TPSA) is 69.3 Å². The Morgan fingerprint density at radius 2 is 2.04 bits per heavy atom. The van der Waals surface area contributed by atoms with E-state index in [2.05, 4.69) is 22.3 Å². The molecule has 1 spiro atoms. The van der Waals surface area contributed by atoms with Gasteiger partial charge < -0.3 is 9.80 Å². The normalized spacial score (nSPS) is 22.6. The molecule has 27 heavy (non-hydrogen) atoms. The van der Waals surface area contributed by atoms with Gasteiger partial charge in [0.2, 0.25) is 5.91 Å². The minimum absolute atomic E-state index is 0.0210. The van der Waals surface area contributed by atoms with Gasteiger partial charge in [0.05, 0.1) is 17.2 Å². The van der Waals surface area contributed by atoms with Crippen LogP contribution in [0.5, 0.6) is 0 Å². The highest BCUT2D eigenvalue weighted by Crippen LogP contribution is 2.40. The molecule has 3 heterocycles. The summed E-state index contributed by atoms with van der Waals surface area (Å²) in [4.78, 5) is 29.9. The number of benzene rings is 1. The van der Waals surface area contributed by atoms with Crippen LogP contribution < -0.4 is 0 Å². The van der Waals surface area contributed by atoms with Crippen LogP contribution in [-0.4, -0.2) is 58.0 Å². The standard InChI is InChI=1S/C21H26N4O2/c1-16-18(14-22-23-16)19(26)25-13-10-21(15-25)9-5-11-24(20(21)27)12-8-17-6-3-2-4-7-17/h2-4,6-7,14H,5,8-13,15H2,1H3,(H,22,23)/t21-/m1/s1. The molecule has 1 aromatic carbocycles. The Labute approximate surface area is 159 Å². The summed E-state index contributed by atoms with van der Waals surface area (Å²) >= 11 is 0. The van der Waals surface area contributed by atoms with Gasteiger partial charge in [0.1, 0.15) is 0 Å². The average molecular weight is 366 g/mol. The van der Waals surface area contributed by atoms with E-state index in [0.717, 1.165) is 44.5 Å². The fourth-order valence-electron chi connectivity index (χ4n) is 4.44. The maximum atomic E-state index is 13.3. The monoisotopic (exact) mass is 366 g/mol. The summed E-state index contributed by atoms with van der Waals surface area (Å²) in [6.45, 7) is 4.59. The van der Waals surface area contributed by atoms with Crippen molar-refractivity contribution < 1.29 is 9.59 Å². The number of piperidine rings is 1. The summed E-state index contributed by atoms with van der Waals surface area (Å²) in [5, 5.41) is 6.77. The molecule has 0 aliphatic carbocycles. The molecule has 2 aromatic rings. The molecule has 6 heteroatoms. The van der Waals surface area contributed by atoms with Crippen molar-refractivity contribution in [3.8, 4) is 0 Å². The molecule has 2 aliphatic heterocycles.